The molecule has 0 saturated carbocycles. The minimum atomic E-state index is 0.983. The average molecular weight is 395 g/mol. The molecule has 0 radical (unpaired) electrons. The lowest BCUT2D eigenvalue weighted by molar-refractivity contribution is 1.33. The van der Waals surface area contributed by atoms with Crippen LogP contribution in [0.2, 0.25) is 0 Å². The van der Waals surface area contributed by atoms with Gasteiger partial charge in [0.2, 0.25) is 0 Å². The molecule has 6 rings (SSSR count). The lowest BCUT2D eigenvalue weighted by Crippen LogP contribution is -2.09. The van der Waals surface area contributed by atoms with E-state index in [0.717, 1.165) is 11.6 Å². The fourth-order valence-corrected chi connectivity index (χ4v) is 5.09. The van der Waals surface area contributed by atoms with Gasteiger partial charge in [0.05, 0.1) is 0 Å². The van der Waals surface area contributed by atoms with Crippen molar-refractivity contribution >= 4 is 12.2 Å². The minimum absolute atomic E-state index is 0.983. The zero-order valence-electron chi connectivity index (χ0n) is 17.3. The molecule has 0 atom stereocenters. The predicted molar refractivity (Wildman–Crippen MR) is 131 cm³/mol. The molecule has 0 saturated heterocycles. The van der Waals surface area contributed by atoms with Crippen LogP contribution in [0.4, 0.5) is 0 Å². The molecule has 31 heavy (non-hydrogen) atoms. The van der Waals surface area contributed by atoms with Gasteiger partial charge in [-0.15, -0.1) is 0 Å². The van der Waals surface area contributed by atoms with Gasteiger partial charge >= 0.3 is 0 Å². The fourth-order valence-electron chi connectivity index (χ4n) is 5.09. The van der Waals surface area contributed by atoms with Gasteiger partial charge in [-0.25, -0.2) is 0 Å². The van der Waals surface area contributed by atoms with Gasteiger partial charge in [-0.2, -0.15) is 0 Å². The van der Waals surface area contributed by atoms with Crippen LogP contribution >= 0.6 is 0 Å². The number of fused-ring (bicyclic) bond motifs is 2. The zero-order chi connectivity index (χ0) is 20.8. The number of allylic oxidation sites excluding steroid dienone is 4. The van der Waals surface area contributed by atoms with E-state index in [2.05, 4.69) is 116 Å². The summed E-state index contributed by atoms with van der Waals surface area (Å²) in [4.78, 5) is 0. The summed E-state index contributed by atoms with van der Waals surface area (Å²) in [5.74, 6) is 0. The first-order chi connectivity index (χ1) is 15.3. The highest BCUT2D eigenvalue weighted by atomic mass is 14.2. The first-order valence-electron chi connectivity index (χ1n) is 10.8. The average Bonchev–Trinajstić information content (AvgIpc) is 3.45. The molecule has 146 valence electrons. The molecule has 0 nitrogen and oxygen atoms in total. The van der Waals surface area contributed by atoms with Crippen molar-refractivity contribution in [2.24, 2.45) is 0 Å². The third kappa shape index (κ3) is 2.76. The fraction of sp³-hybridized carbons (Fsp3) is 0.0323. The summed E-state index contributed by atoms with van der Waals surface area (Å²) in [6.07, 6.45) is 7.66. The first-order valence-corrected chi connectivity index (χ1v) is 10.8. The predicted octanol–water partition coefficient (Wildman–Crippen LogP) is 6.12. The molecule has 2 aliphatic carbocycles. The van der Waals surface area contributed by atoms with Crippen molar-refractivity contribution < 1.29 is 0 Å². The second-order valence-corrected chi connectivity index (χ2v) is 8.19. The minimum Gasteiger partial charge on any atom is -0.0911 e. The van der Waals surface area contributed by atoms with Crippen molar-refractivity contribution in [1.82, 2.24) is 0 Å². The van der Waals surface area contributed by atoms with E-state index >= 15 is 0 Å². The highest BCUT2D eigenvalue weighted by molar-refractivity contribution is 5.92. The molecule has 0 unspecified atom stereocenters. The quantitative estimate of drug-likeness (QED) is 0.393. The van der Waals surface area contributed by atoms with Crippen LogP contribution in [0.3, 0.4) is 0 Å². The highest BCUT2D eigenvalue weighted by Gasteiger charge is 2.22. The van der Waals surface area contributed by atoms with Crippen molar-refractivity contribution in [1.29, 1.82) is 0 Å². The van der Waals surface area contributed by atoms with Crippen LogP contribution in [0.1, 0.15) is 12.0 Å². The van der Waals surface area contributed by atoms with Crippen molar-refractivity contribution in [2.45, 2.75) is 6.42 Å². The number of hydrogen-bond donors (Lipinski definition) is 0. The summed E-state index contributed by atoms with van der Waals surface area (Å²) in [5.41, 5.74) is 9.00. The summed E-state index contributed by atoms with van der Waals surface area (Å²) in [6, 6.07) is 32.6. The van der Waals surface area contributed by atoms with E-state index in [-0.39, 0.29) is 0 Å². The third-order valence-corrected chi connectivity index (χ3v) is 6.36. The number of rotatable bonds is 3. The lowest BCUT2D eigenvalue weighted by Gasteiger charge is -2.16. The van der Waals surface area contributed by atoms with Crippen molar-refractivity contribution in [3.63, 3.8) is 0 Å². The summed E-state index contributed by atoms with van der Waals surface area (Å²) in [5, 5.41) is 5.04. The maximum atomic E-state index is 4.54. The summed E-state index contributed by atoms with van der Waals surface area (Å²) < 4.78 is 0. The van der Waals surface area contributed by atoms with E-state index in [1.165, 1.54) is 54.6 Å². The molecule has 0 spiro atoms. The smallest absolute Gasteiger partial charge is 0.00136 e. The molecule has 2 aliphatic rings. The molecule has 0 heteroatoms. The van der Waals surface area contributed by atoms with Crippen LogP contribution in [0.5, 0.6) is 0 Å². The Morgan fingerprint density at radius 1 is 0.645 bits per heavy atom. The largest absolute Gasteiger partial charge is 0.0911 e. The Kier molecular flexibility index (Phi) is 4.11. The van der Waals surface area contributed by atoms with Gasteiger partial charge in [0.1, 0.15) is 0 Å². The Labute approximate surface area is 182 Å². The van der Waals surface area contributed by atoms with Gasteiger partial charge < -0.3 is 0 Å². The van der Waals surface area contributed by atoms with Crippen molar-refractivity contribution in [2.75, 3.05) is 0 Å². The Balaban J connectivity index is 1.84. The zero-order valence-corrected chi connectivity index (χ0v) is 17.3. The Morgan fingerprint density at radius 2 is 1.26 bits per heavy atom. The Morgan fingerprint density at radius 3 is 1.90 bits per heavy atom. The van der Waals surface area contributed by atoms with Gasteiger partial charge in [0.25, 0.3) is 0 Å². The molecular formula is C31H22. The van der Waals surface area contributed by atoms with Gasteiger partial charge in [0, 0.05) is 0 Å². The van der Waals surface area contributed by atoms with E-state index in [1.54, 1.807) is 0 Å². The van der Waals surface area contributed by atoms with E-state index < -0.39 is 0 Å². The third-order valence-electron chi connectivity index (χ3n) is 6.36. The molecule has 0 aromatic heterocycles. The van der Waals surface area contributed by atoms with E-state index in [1.807, 2.05) is 0 Å². The standard InChI is InChI=1S/C31H22/c1-21-20-27-29(23-16-8-9-17-23)25-18-10-11-19-26(25)31(27)30(24-14-6-3-7-15-24)28(21)22-12-4-2-5-13-22/h2-16,18-20H,1,17H2. The second kappa shape index (κ2) is 7.11. The molecule has 0 fully saturated rings. The van der Waals surface area contributed by atoms with Crippen molar-refractivity contribution in [3.8, 4) is 22.3 Å². The number of hydrogen-bond acceptors (Lipinski definition) is 0. The monoisotopic (exact) mass is 394 g/mol. The maximum Gasteiger partial charge on any atom is -0.00136 e. The van der Waals surface area contributed by atoms with Gasteiger partial charge in [-0.3, -0.25) is 0 Å². The molecule has 0 N–H and O–H groups in total. The van der Waals surface area contributed by atoms with Crippen LogP contribution in [-0.4, -0.2) is 0 Å². The van der Waals surface area contributed by atoms with Crippen LogP contribution in [0, 0.1) is 10.4 Å². The van der Waals surface area contributed by atoms with E-state index in [0.29, 0.717) is 0 Å². The van der Waals surface area contributed by atoms with Crippen LogP contribution in [-0.2, 0) is 0 Å². The van der Waals surface area contributed by atoms with Crippen LogP contribution < -0.4 is 10.4 Å². The molecule has 4 aromatic rings. The van der Waals surface area contributed by atoms with Crippen LogP contribution in [0.25, 0.3) is 34.4 Å². The molecular weight excluding hydrogens is 372 g/mol. The molecule has 0 bridgehead atoms. The first kappa shape index (κ1) is 17.9. The molecule has 4 aromatic carbocycles. The Hall–Kier alpha value is -3.90. The summed E-state index contributed by atoms with van der Waals surface area (Å²) >= 11 is 0. The van der Waals surface area contributed by atoms with E-state index in [9.17, 15) is 0 Å². The topological polar surface area (TPSA) is 0 Å². The normalized spacial score (nSPS) is 13.8. The maximum absolute atomic E-state index is 4.54. The Bertz CT molecular complexity index is 1580. The lowest BCUT2D eigenvalue weighted by atomic mass is 9.87. The molecule has 0 heterocycles. The number of benzene rings is 4. The summed E-state index contributed by atoms with van der Waals surface area (Å²) in [7, 11) is 0. The van der Waals surface area contributed by atoms with E-state index in [4.69, 9.17) is 0 Å². The van der Waals surface area contributed by atoms with Gasteiger partial charge in [-0.05, 0) is 72.3 Å². The van der Waals surface area contributed by atoms with Gasteiger partial charge in [-0.1, -0.05) is 110 Å². The van der Waals surface area contributed by atoms with Crippen LogP contribution in [0.15, 0.2) is 115 Å². The molecule has 0 amide bonds. The second-order valence-electron chi connectivity index (χ2n) is 8.19. The molecule has 0 aliphatic heterocycles. The van der Waals surface area contributed by atoms with Crippen molar-refractivity contribution in [3.05, 3.63) is 141 Å². The summed E-state index contributed by atoms with van der Waals surface area (Å²) in [6.45, 7) is 4.54. The highest BCUT2D eigenvalue weighted by Crippen LogP contribution is 2.37. The van der Waals surface area contributed by atoms with Gasteiger partial charge in [0.15, 0.2) is 0 Å². The SMILES string of the molecule is C=c1cc2c(c(-c3ccccc3)c1-c1ccccc1)=c1ccccc1=C2C1=CC=CC1.